The standard InChI is InChI=1S/C23H23N2O4S/c1-25-9-6-16(7-10-25)22-18-12-15(3-5-21(27)29-14-20(24)26)2-4-19(18)28-13-17-8-11-30-23(17)22/h2-5,8,11-12,24H,6-7,9-10,13-14H2,1H3. The summed E-state index contributed by atoms with van der Waals surface area (Å²) in [6.45, 7) is 2.09. The fourth-order valence-corrected chi connectivity index (χ4v) is 4.78. The first kappa shape index (κ1) is 20.4. The highest BCUT2D eigenvalue weighted by Gasteiger charge is 2.25. The fourth-order valence-electron chi connectivity index (χ4n) is 3.76. The summed E-state index contributed by atoms with van der Waals surface area (Å²) in [5.74, 6) is -0.726. The summed E-state index contributed by atoms with van der Waals surface area (Å²) in [4.78, 5) is 26.0. The van der Waals surface area contributed by atoms with Gasteiger partial charge in [-0.3, -0.25) is 10.5 Å². The molecule has 1 fully saturated rings. The van der Waals surface area contributed by atoms with Crippen LogP contribution in [0.5, 0.6) is 5.75 Å². The molecule has 1 radical (unpaired) electrons. The van der Waals surface area contributed by atoms with Crippen molar-refractivity contribution in [3.05, 3.63) is 62.9 Å². The first-order valence-corrected chi connectivity index (χ1v) is 10.7. The van der Waals surface area contributed by atoms with Gasteiger partial charge in [-0.05, 0) is 55.1 Å². The molecule has 0 aliphatic carbocycles. The number of benzene rings is 1. The maximum atomic E-state index is 11.8. The molecule has 6 nitrogen and oxygen atoms in total. The molecule has 0 bridgehead atoms. The molecule has 30 heavy (non-hydrogen) atoms. The van der Waals surface area contributed by atoms with Crippen LogP contribution in [-0.2, 0) is 20.9 Å². The lowest BCUT2D eigenvalue weighted by molar-refractivity contribution is -0.142. The van der Waals surface area contributed by atoms with Crippen LogP contribution < -0.4 is 10.5 Å². The number of thiophene rings is 1. The van der Waals surface area contributed by atoms with Gasteiger partial charge < -0.3 is 14.4 Å². The van der Waals surface area contributed by atoms with Crippen molar-refractivity contribution in [2.24, 2.45) is 0 Å². The molecule has 4 rings (SSSR count). The zero-order chi connectivity index (χ0) is 21.1. The number of rotatable bonds is 4. The largest absolute Gasteiger partial charge is 0.488 e. The zero-order valence-electron chi connectivity index (χ0n) is 16.8. The molecule has 1 amide bonds. The van der Waals surface area contributed by atoms with E-state index in [2.05, 4.69) is 23.4 Å². The predicted molar refractivity (Wildman–Crippen MR) is 116 cm³/mol. The number of fused-ring (bicyclic) bond motifs is 2. The number of esters is 1. The Morgan fingerprint density at radius 3 is 2.83 bits per heavy atom. The van der Waals surface area contributed by atoms with E-state index in [1.54, 1.807) is 17.4 Å². The molecule has 0 unspecified atom stereocenters. The summed E-state index contributed by atoms with van der Waals surface area (Å²) in [6.07, 6.45) is 4.99. The van der Waals surface area contributed by atoms with Crippen molar-refractivity contribution < 1.29 is 19.1 Å². The number of hydrogen-bond donors (Lipinski definition) is 0. The number of carbonyl (C=O) groups excluding carboxylic acids is 2. The van der Waals surface area contributed by atoms with Gasteiger partial charge in [0.15, 0.2) is 6.61 Å². The Hall–Kier alpha value is -2.90. The Kier molecular flexibility index (Phi) is 6.01. The van der Waals surface area contributed by atoms with E-state index in [4.69, 9.17) is 15.2 Å². The summed E-state index contributed by atoms with van der Waals surface area (Å²) in [5, 5.41) is 2.11. The molecule has 3 heterocycles. The monoisotopic (exact) mass is 423 g/mol. The molecule has 2 aromatic rings. The summed E-state index contributed by atoms with van der Waals surface area (Å²) >= 11 is 1.74. The van der Waals surface area contributed by atoms with Crippen LogP contribution in [-0.4, -0.2) is 43.5 Å². The first-order valence-electron chi connectivity index (χ1n) is 9.85. The van der Waals surface area contributed by atoms with Gasteiger partial charge in [-0.1, -0.05) is 11.6 Å². The molecule has 2 aliphatic rings. The van der Waals surface area contributed by atoms with Crippen LogP contribution >= 0.6 is 11.3 Å². The lowest BCUT2D eigenvalue weighted by Gasteiger charge is -2.26. The third kappa shape index (κ3) is 4.47. The van der Waals surface area contributed by atoms with Gasteiger partial charge in [0.05, 0.1) is 0 Å². The van der Waals surface area contributed by atoms with Gasteiger partial charge in [-0.25, -0.2) is 4.79 Å². The van der Waals surface area contributed by atoms with Crippen molar-refractivity contribution in [1.29, 1.82) is 0 Å². The molecule has 1 aromatic carbocycles. The maximum absolute atomic E-state index is 11.8. The zero-order valence-corrected chi connectivity index (χ0v) is 17.6. The van der Waals surface area contributed by atoms with E-state index >= 15 is 0 Å². The molecule has 0 spiro atoms. The van der Waals surface area contributed by atoms with Crippen molar-refractivity contribution in [2.45, 2.75) is 19.4 Å². The lowest BCUT2D eigenvalue weighted by atomic mass is 9.90. The van der Waals surface area contributed by atoms with E-state index in [1.165, 1.54) is 27.7 Å². The minimum atomic E-state index is -0.930. The lowest BCUT2D eigenvalue weighted by Crippen LogP contribution is -2.26. The Morgan fingerprint density at radius 2 is 2.07 bits per heavy atom. The van der Waals surface area contributed by atoms with Crippen molar-refractivity contribution in [3.63, 3.8) is 0 Å². The summed E-state index contributed by atoms with van der Waals surface area (Å²) in [6, 6.07) is 8.02. The van der Waals surface area contributed by atoms with Crippen LogP contribution in [0.15, 0.2) is 41.3 Å². The van der Waals surface area contributed by atoms with Crippen molar-refractivity contribution in [1.82, 2.24) is 10.6 Å². The van der Waals surface area contributed by atoms with Crippen LogP contribution in [0, 0.1) is 0 Å². The van der Waals surface area contributed by atoms with Crippen LogP contribution in [0.25, 0.3) is 11.6 Å². The Bertz CT molecular complexity index is 1030. The third-order valence-electron chi connectivity index (χ3n) is 5.33. The average Bonchev–Trinajstić information content (AvgIpc) is 3.14. The number of carbonyl (C=O) groups is 2. The first-order chi connectivity index (χ1) is 14.5. The second kappa shape index (κ2) is 8.85. The number of likely N-dealkylation sites (tertiary alicyclic amines) is 1. The quantitative estimate of drug-likeness (QED) is 0.555. The minimum absolute atomic E-state index is 0.535. The molecule has 1 saturated heterocycles. The molecule has 7 heteroatoms. The molecule has 1 aromatic heterocycles. The second-order valence-electron chi connectivity index (χ2n) is 7.47. The molecule has 0 atom stereocenters. The number of nitrogens with one attached hydrogen (secondary N) is 1. The predicted octanol–water partition coefficient (Wildman–Crippen LogP) is 3.53. The third-order valence-corrected chi connectivity index (χ3v) is 6.31. The van der Waals surface area contributed by atoms with E-state index < -0.39 is 18.5 Å². The topological polar surface area (TPSA) is 79.6 Å². The van der Waals surface area contributed by atoms with E-state index in [-0.39, 0.29) is 0 Å². The Morgan fingerprint density at radius 1 is 1.27 bits per heavy atom. The number of piperidine rings is 1. The van der Waals surface area contributed by atoms with E-state index in [9.17, 15) is 9.59 Å². The fraction of sp³-hybridized carbons (Fsp3) is 0.304. The van der Waals surface area contributed by atoms with Gasteiger partial charge in [0.2, 0.25) is 0 Å². The van der Waals surface area contributed by atoms with Gasteiger partial charge in [-0.15, -0.1) is 11.3 Å². The summed E-state index contributed by atoms with van der Waals surface area (Å²) in [7, 11) is 2.15. The average molecular weight is 424 g/mol. The van der Waals surface area contributed by atoms with Crippen LogP contribution in [0.2, 0.25) is 0 Å². The number of ether oxygens (including phenoxy) is 2. The van der Waals surface area contributed by atoms with E-state index in [0.29, 0.717) is 6.61 Å². The second-order valence-corrected chi connectivity index (χ2v) is 8.38. The minimum Gasteiger partial charge on any atom is -0.488 e. The molecular weight excluding hydrogens is 400 g/mol. The number of nitrogens with zero attached hydrogens (tertiary/aromatic N) is 1. The molecule has 1 N–H and O–H groups in total. The highest BCUT2D eigenvalue weighted by molar-refractivity contribution is 7.11. The highest BCUT2D eigenvalue weighted by Crippen LogP contribution is 2.43. The highest BCUT2D eigenvalue weighted by atomic mass is 32.1. The van der Waals surface area contributed by atoms with Gasteiger partial charge in [-0.2, -0.15) is 0 Å². The summed E-state index contributed by atoms with van der Waals surface area (Å²) in [5.41, 5.74) is 12.6. The normalized spacial score (nSPS) is 16.6. The summed E-state index contributed by atoms with van der Waals surface area (Å²) < 4.78 is 10.8. The number of amides is 1. The van der Waals surface area contributed by atoms with Crippen LogP contribution in [0.3, 0.4) is 0 Å². The Labute approximate surface area is 179 Å². The van der Waals surface area contributed by atoms with Crippen molar-refractivity contribution >= 4 is 34.9 Å². The molecule has 2 aliphatic heterocycles. The van der Waals surface area contributed by atoms with Crippen molar-refractivity contribution in [3.8, 4) is 5.75 Å². The van der Waals surface area contributed by atoms with Gasteiger partial charge in [0.1, 0.15) is 12.4 Å². The van der Waals surface area contributed by atoms with E-state index in [1.807, 2.05) is 18.2 Å². The Balaban J connectivity index is 1.70. The molecular formula is C23H23N2O4S. The van der Waals surface area contributed by atoms with E-state index in [0.717, 1.165) is 42.8 Å². The number of hydrogen-bond acceptors (Lipinski definition) is 6. The van der Waals surface area contributed by atoms with Crippen molar-refractivity contribution in [2.75, 3.05) is 26.7 Å². The molecule has 155 valence electrons. The SMILES string of the molecule is CN1CCC(=C2c3cc(C=CC(=O)OCC([NH])=O)ccc3OCc3ccsc32)CC1. The van der Waals surface area contributed by atoms with Crippen LogP contribution in [0.4, 0.5) is 0 Å². The maximum Gasteiger partial charge on any atom is 0.331 e. The van der Waals surface area contributed by atoms with Crippen LogP contribution in [0.1, 0.15) is 34.4 Å². The smallest absolute Gasteiger partial charge is 0.331 e. The molecule has 0 saturated carbocycles. The van der Waals surface area contributed by atoms with Gasteiger partial charge in [0, 0.05) is 40.7 Å². The van der Waals surface area contributed by atoms with Gasteiger partial charge >= 0.3 is 5.97 Å². The van der Waals surface area contributed by atoms with Gasteiger partial charge in [0.25, 0.3) is 5.91 Å².